The minimum Gasteiger partial charge on any atom is -0.299 e. The zero-order chi connectivity index (χ0) is 15.3. The molecule has 0 bridgehead atoms. The average Bonchev–Trinajstić information content (AvgIpc) is 2.24. The quantitative estimate of drug-likeness (QED) is 0.740. The third-order valence-corrected chi connectivity index (χ3v) is 3.95. The van der Waals surface area contributed by atoms with Crippen LogP contribution in [0.2, 0.25) is 0 Å². The number of hydrogen-bond acceptors (Lipinski definition) is 2. The lowest BCUT2D eigenvalue weighted by molar-refractivity contribution is -0.119. The summed E-state index contributed by atoms with van der Waals surface area (Å²) in [6.45, 7) is 11.6. The molecule has 0 radical (unpaired) electrons. The van der Waals surface area contributed by atoms with Crippen LogP contribution in [0.1, 0.15) is 58.6 Å². The molecule has 0 N–H and O–H groups in total. The maximum Gasteiger partial charge on any atom is 0.149 e. The van der Waals surface area contributed by atoms with Crippen molar-refractivity contribution in [1.82, 2.24) is 0 Å². The molecule has 0 fully saturated rings. The molecule has 20 heavy (non-hydrogen) atoms. The molecule has 1 atom stereocenters. The summed E-state index contributed by atoms with van der Waals surface area (Å²) in [5.41, 5.74) is 1.38. The highest BCUT2D eigenvalue weighted by Crippen LogP contribution is 2.45. The molecule has 1 aliphatic heterocycles. The average molecular weight is 275 g/mol. The maximum atomic E-state index is 14.3. The van der Waals surface area contributed by atoms with Gasteiger partial charge in [0, 0.05) is 11.6 Å². The first-order chi connectivity index (χ1) is 9.04. The molecule has 0 spiro atoms. The summed E-state index contributed by atoms with van der Waals surface area (Å²) in [5, 5.41) is 0. The van der Waals surface area contributed by atoms with E-state index in [4.69, 9.17) is 0 Å². The van der Waals surface area contributed by atoms with Gasteiger partial charge in [-0.3, -0.25) is 9.79 Å². The van der Waals surface area contributed by atoms with E-state index in [9.17, 15) is 9.18 Å². The van der Waals surface area contributed by atoms with Crippen LogP contribution < -0.4 is 0 Å². The Balaban J connectivity index is 2.72. The van der Waals surface area contributed by atoms with Gasteiger partial charge in [0.1, 0.15) is 17.3 Å². The fourth-order valence-corrected chi connectivity index (χ4v) is 2.86. The predicted octanol–water partition coefficient (Wildman–Crippen LogP) is 4.54. The van der Waals surface area contributed by atoms with Crippen molar-refractivity contribution in [2.75, 3.05) is 0 Å². The Morgan fingerprint density at radius 2 is 1.90 bits per heavy atom. The van der Waals surface area contributed by atoms with Gasteiger partial charge in [-0.1, -0.05) is 40.7 Å². The monoisotopic (exact) mass is 275 g/mol. The minimum absolute atomic E-state index is 0.0489. The first-order valence-electron chi connectivity index (χ1n) is 6.93. The second-order valence-corrected chi connectivity index (χ2v) is 7.27. The fraction of sp³-hybridized carbons (Fsp3) is 0.529. The molecule has 3 heteroatoms. The Labute approximate surface area is 120 Å². The Bertz CT molecular complexity index is 594. The van der Waals surface area contributed by atoms with E-state index in [2.05, 4.69) is 4.99 Å². The Kier molecular flexibility index (Phi) is 3.35. The van der Waals surface area contributed by atoms with Gasteiger partial charge in [0.05, 0.1) is 5.92 Å². The van der Waals surface area contributed by atoms with Crippen molar-refractivity contribution in [1.29, 1.82) is 0 Å². The number of rotatable bonds is 1. The Morgan fingerprint density at radius 1 is 1.30 bits per heavy atom. The molecule has 0 aromatic heterocycles. The number of carbonyl (C=O) groups excluding carboxylic acids is 1. The Hall–Kier alpha value is -1.51. The summed E-state index contributed by atoms with van der Waals surface area (Å²) in [5.74, 6) is -0.634. The van der Waals surface area contributed by atoms with E-state index in [1.807, 2.05) is 40.7 Å². The van der Waals surface area contributed by atoms with Crippen molar-refractivity contribution < 1.29 is 9.18 Å². The van der Waals surface area contributed by atoms with E-state index in [1.165, 1.54) is 6.07 Å². The van der Waals surface area contributed by atoms with Crippen LogP contribution in [-0.4, -0.2) is 12.0 Å². The first kappa shape index (κ1) is 14.9. The summed E-state index contributed by atoms with van der Waals surface area (Å²) < 4.78 is 14.3. The van der Waals surface area contributed by atoms with Gasteiger partial charge in [-0.25, -0.2) is 4.39 Å². The highest BCUT2D eigenvalue weighted by molar-refractivity contribution is 5.93. The van der Waals surface area contributed by atoms with Crippen LogP contribution in [-0.2, 0) is 10.2 Å². The van der Waals surface area contributed by atoms with Gasteiger partial charge in [0.15, 0.2) is 0 Å². The maximum absolute atomic E-state index is 14.3. The van der Waals surface area contributed by atoms with Gasteiger partial charge in [-0.05, 0) is 29.5 Å². The van der Waals surface area contributed by atoms with Gasteiger partial charge in [-0.15, -0.1) is 0 Å². The summed E-state index contributed by atoms with van der Waals surface area (Å²) in [4.78, 5) is 16.3. The molecular weight excluding hydrogens is 253 g/mol. The van der Waals surface area contributed by atoms with Crippen molar-refractivity contribution in [3.05, 3.63) is 29.1 Å². The molecule has 1 aromatic carbocycles. The molecule has 0 amide bonds. The first-order valence-corrected chi connectivity index (χ1v) is 6.93. The molecule has 2 rings (SSSR count). The Morgan fingerprint density at radius 3 is 2.40 bits per heavy atom. The van der Waals surface area contributed by atoms with E-state index in [0.717, 1.165) is 11.1 Å². The molecule has 0 aliphatic carbocycles. The molecule has 1 aliphatic rings. The van der Waals surface area contributed by atoms with Crippen molar-refractivity contribution in [3.8, 4) is 0 Å². The summed E-state index contributed by atoms with van der Waals surface area (Å²) in [6, 6.07) is 3.48. The van der Waals surface area contributed by atoms with Crippen molar-refractivity contribution in [3.63, 3.8) is 0 Å². The minimum atomic E-state index is -0.387. The molecule has 0 saturated heterocycles. The lowest BCUT2D eigenvalue weighted by Gasteiger charge is -2.34. The van der Waals surface area contributed by atoms with E-state index in [0.29, 0.717) is 5.69 Å². The van der Waals surface area contributed by atoms with Crippen LogP contribution >= 0.6 is 0 Å². The topological polar surface area (TPSA) is 29.4 Å². The molecule has 1 aromatic rings. The van der Waals surface area contributed by atoms with Crippen LogP contribution in [0.4, 0.5) is 10.1 Å². The van der Waals surface area contributed by atoms with Crippen molar-refractivity contribution in [2.24, 2.45) is 10.4 Å². The molecule has 2 nitrogen and oxygen atoms in total. The second kappa shape index (κ2) is 4.51. The van der Waals surface area contributed by atoms with Crippen LogP contribution in [0.15, 0.2) is 17.1 Å². The largest absolute Gasteiger partial charge is 0.299 e. The summed E-state index contributed by atoms with van der Waals surface area (Å²) in [7, 11) is 0. The number of fused-ring (bicyclic) bond motifs is 1. The molecular formula is C17H22FNO. The number of benzene rings is 1. The lowest BCUT2D eigenvalue weighted by atomic mass is 9.70. The summed E-state index contributed by atoms with van der Waals surface area (Å²) in [6.07, 6.45) is 1.70. The highest BCUT2D eigenvalue weighted by Gasteiger charge is 2.38. The van der Waals surface area contributed by atoms with Crippen LogP contribution in [0.3, 0.4) is 0 Å². The molecule has 108 valence electrons. The van der Waals surface area contributed by atoms with Gasteiger partial charge in [-0.2, -0.15) is 0 Å². The number of aliphatic imine (C=N–C) groups is 1. The number of hydrogen-bond donors (Lipinski definition) is 0. The number of Topliss-reactive ketones (excluding diaryl/α,β-unsaturated/α-hetero) is 1. The smallest absolute Gasteiger partial charge is 0.149 e. The molecule has 1 unspecified atom stereocenters. The van der Waals surface area contributed by atoms with Gasteiger partial charge in [0.25, 0.3) is 0 Å². The van der Waals surface area contributed by atoms with E-state index in [-0.39, 0.29) is 28.3 Å². The third-order valence-electron chi connectivity index (χ3n) is 3.95. The zero-order valence-electron chi connectivity index (χ0n) is 13.0. The second-order valence-electron chi connectivity index (χ2n) is 7.27. The standard InChI is InChI=1S/C17H22FNO/c1-10(20)14-12-7-11(16(2,3)4)8-13(18)15(12)19-9-17(14,5)6/h7-9,14H,1-6H3. The van der Waals surface area contributed by atoms with E-state index < -0.39 is 0 Å². The molecule has 1 heterocycles. The summed E-state index contributed by atoms with van der Waals surface area (Å²) >= 11 is 0. The number of halogens is 1. The van der Waals surface area contributed by atoms with E-state index in [1.54, 1.807) is 13.1 Å². The van der Waals surface area contributed by atoms with Gasteiger partial charge < -0.3 is 0 Å². The number of carbonyl (C=O) groups is 1. The van der Waals surface area contributed by atoms with Crippen molar-refractivity contribution in [2.45, 2.75) is 52.9 Å². The highest BCUT2D eigenvalue weighted by atomic mass is 19.1. The SMILES string of the molecule is CC(=O)C1c2cc(C(C)(C)C)cc(F)c2N=CC1(C)C. The molecule has 0 saturated carbocycles. The lowest BCUT2D eigenvalue weighted by Crippen LogP contribution is -2.32. The van der Waals surface area contributed by atoms with Crippen LogP contribution in [0, 0.1) is 11.2 Å². The van der Waals surface area contributed by atoms with Gasteiger partial charge >= 0.3 is 0 Å². The van der Waals surface area contributed by atoms with E-state index >= 15 is 0 Å². The van der Waals surface area contributed by atoms with Crippen LogP contribution in [0.5, 0.6) is 0 Å². The van der Waals surface area contributed by atoms with Crippen molar-refractivity contribution >= 4 is 17.7 Å². The zero-order valence-corrected chi connectivity index (χ0v) is 13.0. The third kappa shape index (κ3) is 2.41. The fourth-order valence-electron chi connectivity index (χ4n) is 2.86. The predicted molar refractivity (Wildman–Crippen MR) is 80.5 cm³/mol. The number of nitrogens with zero attached hydrogens (tertiary/aromatic N) is 1. The van der Waals surface area contributed by atoms with Gasteiger partial charge in [0.2, 0.25) is 0 Å². The normalized spacial score (nSPS) is 20.6. The number of ketones is 1. The van der Waals surface area contributed by atoms with Crippen LogP contribution in [0.25, 0.3) is 0 Å².